The Balaban J connectivity index is 1.06. The van der Waals surface area contributed by atoms with Gasteiger partial charge in [-0.3, -0.25) is 19.8 Å². The van der Waals surface area contributed by atoms with Gasteiger partial charge in [-0.25, -0.2) is 13.1 Å². The number of benzene rings is 4. The molecule has 1 saturated heterocycles. The SMILES string of the molecule is CCN(CC)CC[C@H](CSc1ccccc1)Nc1ccc(S(=O)(=O)NC(=O)c2ccc(N3CCN(CC4=C(c5ccc(Cl)cc5)CCCC4)CC3)cc2)cc1[N+](=O)[O-]. The predicted octanol–water partition coefficient (Wildman–Crippen LogP) is 8.82. The fourth-order valence-corrected chi connectivity index (χ4v) is 9.71. The van der Waals surface area contributed by atoms with Crippen molar-refractivity contribution in [1.29, 1.82) is 0 Å². The van der Waals surface area contributed by atoms with Crippen molar-refractivity contribution >= 4 is 61.9 Å². The number of rotatable bonds is 18. The van der Waals surface area contributed by atoms with Crippen LogP contribution in [0.2, 0.25) is 5.02 Å². The van der Waals surface area contributed by atoms with Crippen LogP contribution >= 0.6 is 23.4 Å². The van der Waals surface area contributed by atoms with Gasteiger partial charge in [0.2, 0.25) is 0 Å². The highest BCUT2D eigenvalue weighted by Crippen LogP contribution is 2.34. The average Bonchev–Trinajstić information content (AvgIpc) is 3.24. The first-order chi connectivity index (χ1) is 28.0. The topological polar surface area (TPSA) is 128 Å². The maximum Gasteiger partial charge on any atom is 0.293 e. The molecule has 1 heterocycles. The molecule has 1 atom stereocenters. The molecule has 4 aromatic rings. The van der Waals surface area contributed by atoms with Gasteiger partial charge in [0.1, 0.15) is 5.69 Å². The number of nitrogens with one attached hydrogen (secondary N) is 2. The molecule has 4 aromatic carbocycles. The molecule has 14 heteroatoms. The second-order valence-corrected chi connectivity index (χ2v) is 18.0. The zero-order valence-electron chi connectivity index (χ0n) is 33.2. The van der Waals surface area contributed by atoms with Crippen molar-refractivity contribution in [3.05, 3.63) is 129 Å². The van der Waals surface area contributed by atoms with Crippen molar-refractivity contribution in [2.45, 2.75) is 61.8 Å². The summed E-state index contributed by atoms with van der Waals surface area (Å²) in [5.74, 6) is -0.161. The number of halogens is 1. The van der Waals surface area contributed by atoms with Gasteiger partial charge in [0.25, 0.3) is 21.6 Å². The predicted molar refractivity (Wildman–Crippen MR) is 237 cm³/mol. The summed E-state index contributed by atoms with van der Waals surface area (Å²) in [6.07, 6.45) is 5.36. The summed E-state index contributed by atoms with van der Waals surface area (Å²) >= 11 is 7.80. The first kappa shape index (κ1) is 43.2. The van der Waals surface area contributed by atoms with Crippen LogP contribution in [0.1, 0.15) is 61.9 Å². The van der Waals surface area contributed by atoms with E-state index in [-0.39, 0.29) is 27.9 Å². The second-order valence-electron chi connectivity index (χ2n) is 14.8. The second kappa shape index (κ2) is 20.5. The van der Waals surface area contributed by atoms with E-state index in [1.165, 1.54) is 41.7 Å². The third kappa shape index (κ3) is 11.6. The van der Waals surface area contributed by atoms with Crippen molar-refractivity contribution in [3.8, 4) is 0 Å². The molecule has 2 N–H and O–H groups in total. The number of amides is 1. The molecule has 0 aromatic heterocycles. The molecule has 308 valence electrons. The van der Waals surface area contributed by atoms with E-state index in [0.29, 0.717) is 5.75 Å². The van der Waals surface area contributed by atoms with Gasteiger partial charge in [0.05, 0.1) is 9.82 Å². The van der Waals surface area contributed by atoms with Crippen molar-refractivity contribution in [3.63, 3.8) is 0 Å². The quantitative estimate of drug-likeness (QED) is 0.0570. The number of nitro benzene ring substituents is 1. The van der Waals surface area contributed by atoms with Gasteiger partial charge in [-0.2, -0.15) is 0 Å². The number of thioether (sulfide) groups is 1. The smallest absolute Gasteiger partial charge is 0.293 e. The Kier molecular flexibility index (Phi) is 15.3. The number of anilines is 2. The van der Waals surface area contributed by atoms with Crippen LogP contribution < -0.4 is 14.9 Å². The van der Waals surface area contributed by atoms with Crippen LogP contribution in [-0.4, -0.2) is 93.2 Å². The van der Waals surface area contributed by atoms with E-state index < -0.39 is 20.9 Å². The summed E-state index contributed by atoms with van der Waals surface area (Å²) in [6.45, 7) is 11.2. The molecule has 58 heavy (non-hydrogen) atoms. The maximum absolute atomic E-state index is 13.4. The Hall–Kier alpha value is -4.40. The molecular weight excluding hydrogens is 792 g/mol. The molecule has 1 amide bonds. The van der Waals surface area contributed by atoms with Crippen molar-refractivity contribution < 1.29 is 18.1 Å². The third-order valence-corrected chi connectivity index (χ3v) is 13.8. The van der Waals surface area contributed by atoms with E-state index in [0.717, 1.165) is 93.3 Å². The Bertz CT molecular complexity index is 2140. The van der Waals surface area contributed by atoms with Crippen molar-refractivity contribution in [2.24, 2.45) is 0 Å². The highest BCUT2D eigenvalue weighted by Gasteiger charge is 2.26. The maximum atomic E-state index is 13.4. The summed E-state index contributed by atoms with van der Waals surface area (Å²) in [6, 6.07) is 28.6. The number of hydrogen-bond donors (Lipinski definition) is 2. The van der Waals surface area contributed by atoms with E-state index in [1.807, 2.05) is 54.6 Å². The largest absolute Gasteiger partial charge is 0.376 e. The van der Waals surface area contributed by atoms with E-state index in [4.69, 9.17) is 11.6 Å². The number of nitrogens with zero attached hydrogens (tertiary/aromatic N) is 4. The first-order valence-electron chi connectivity index (χ1n) is 20.1. The van der Waals surface area contributed by atoms with Gasteiger partial charge >= 0.3 is 0 Å². The molecule has 2 aliphatic rings. The molecule has 0 radical (unpaired) electrons. The lowest BCUT2D eigenvalue weighted by atomic mass is 9.87. The van der Waals surface area contributed by atoms with Crippen LogP contribution in [-0.2, 0) is 10.0 Å². The van der Waals surface area contributed by atoms with Crippen LogP contribution in [0.15, 0.2) is 112 Å². The molecule has 0 spiro atoms. The van der Waals surface area contributed by atoms with Crippen molar-refractivity contribution in [2.75, 3.05) is 68.3 Å². The summed E-state index contributed by atoms with van der Waals surface area (Å²) in [5.41, 5.74) is 5.19. The summed E-state index contributed by atoms with van der Waals surface area (Å²) in [4.78, 5) is 32.7. The lowest BCUT2D eigenvalue weighted by molar-refractivity contribution is -0.384. The highest BCUT2D eigenvalue weighted by atomic mass is 35.5. The van der Waals surface area contributed by atoms with Crippen LogP contribution in [0.5, 0.6) is 0 Å². The van der Waals surface area contributed by atoms with Gasteiger partial charge in [-0.1, -0.05) is 61.4 Å². The minimum Gasteiger partial charge on any atom is -0.376 e. The summed E-state index contributed by atoms with van der Waals surface area (Å²) in [7, 11) is -4.42. The van der Waals surface area contributed by atoms with Crippen molar-refractivity contribution in [1.82, 2.24) is 14.5 Å². The number of nitro groups is 1. The lowest BCUT2D eigenvalue weighted by Gasteiger charge is -2.37. The Morgan fingerprint density at radius 2 is 1.60 bits per heavy atom. The molecule has 6 rings (SSSR count). The minimum absolute atomic E-state index is 0.133. The van der Waals surface area contributed by atoms with E-state index in [2.05, 4.69) is 50.7 Å². The highest BCUT2D eigenvalue weighted by molar-refractivity contribution is 7.99. The first-order valence-corrected chi connectivity index (χ1v) is 22.9. The van der Waals surface area contributed by atoms with Crippen LogP contribution in [0.3, 0.4) is 0 Å². The number of allylic oxidation sites excluding steroid dienone is 1. The average molecular weight is 846 g/mol. The molecule has 0 bridgehead atoms. The monoisotopic (exact) mass is 844 g/mol. The number of carbonyl (C=O) groups is 1. The Labute approximate surface area is 352 Å². The molecule has 11 nitrogen and oxygen atoms in total. The van der Waals surface area contributed by atoms with Gasteiger partial charge in [-0.05, 0) is 117 Å². The fourth-order valence-electron chi connectivity index (χ4n) is 7.60. The standard InChI is InChI=1S/C44H53ClN6O5S2/c1-3-48(4-2)25-24-37(32-57-39-11-6-5-7-12-39)46-42-23-22-40(30-43(42)51(53)54)58(55,56)47-44(52)34-16-20-38(21-17-34)50-28-26-49(27-29-50)31-35-10-8-9-13-41(35)33-14-18-36(45)19-15-33/h5-7,11-12,14-23,30,37,46H,3-4,8-10,13,24-29,31-32H2,1-2H3,(H,47,52)/t37-/m1/s1. The molecule has 1 fully saturated rings. The molecular formula is C44H53ClN6O5S2. The normalized spacial score (nSPS) is 15.7. The van der Waals surface area contributed by atoms with Gasteiger partial charge in [-0.15, -0.1) is 11.8 Å². The summed E-state index contributed by atoms with van der Waals surface area (Å²) in [5, 5.41) is 16.3. The van der Waals surface area contributed by atoms with Crippen LogP contribution in [0, 0.1) is 10.1 Å². The van der Waals surface area contributed by atoms with Crippen LogP contribution in [0.25, 0.3) is 5.57 Å². The van der Waals surface area contributed by atoms with E-state index in [9.17, 15) is 23.3 Å². The Morgan fingerprint density at radius 1 is 0.914 bits per heavy atom. The van der Waals surface area contributed by atoms with Gasteiger partial charge < -0.3 is 15.1 Å². The third-order valence-electron chi connectivity index (χ3n) is 11.0. The molecule has 1 aliphatic heterocycles. The minimum atomic E-state index is -4.42. The number of carbonyl (C=O) groups excluding carboxylic acids is 1. The fraction of sp³-hybridized carbons (Fsp3) is 0.386. The number of piperazine rings is 1. The zero-order chi connectivity index (χ0) is 41.1. The molecule has 1 aliphatic carbocycles. The van der Waals surface area contributed by atoms with E-state index >= 15 is 0 Å². The Morgan fingerprint density at radius 3 is 2.28 bits per heavy atom. The number of sulfonamides is 1. The van der Waals surface area contributed by atoms with E-state index in [1.54, 1.807) is 23.9 Å². The zero-order valence-corrected chi connectivity index (χ0v) is 35.6. The number of hydrogen-bond acceptors (Lipinski definition) is 10. The molecule has 0 unspecified atom stereocenters. The molecule has 0 saturated carbocycles. The van der Waals surface area contributed by atoms with Gasteiger partial charge in [0, 0.05) is 78.3 Å². The lowest BCUT2D eigenvalue weighted by Crippen LogP contribution is -2.47. The van der Waals surface area contributed by atoms with Gasteiger partial charge in [0.15, 0.2) is 0 Å². The van der Waals surface area contributed by atoms with Crippen LogP contribution in [0.4, 0.5) is 17.1 Å². The summed E-state index contributed by atoms with van der Waals surface area (Å²) < 4.78 is 29.0.